The number of thiophene rings is 1. The number of benzene rings is 2. The van der Waals surface area contributed by atoms with Gasteiger partial charge in [0.1, 0.15) is 23.0 Å². The van der Waals surface area contributed by atoms with E-state index in [9.17, 15) is 5.26 Å². The summed E-state index contributed by atoms with van der Waals surface area (Å²) in [7, 11) is 0. The van der Waals surface area contributed by atoms with Crippen molar-refractivity contribution in [3.05, 3.63) is 71.4 Å². The van der Waals surface area contributed by atoms with Crippen molar-refractivity contribution in [3.8, 4) is 17.2 Å². The molecule has 5 heteroatoms. The Morgan fingerprint density at radius 2 is 1.84 bits per heavy atom. The summed E-state index contributed by atoms with van der Waals surface area (Å²) in [4.78, 5) is 9.74. The fraction of sp³-hybridized carbons (Fsp3) is 0.0500. The van der Waals surface area contributed by atoms with Crippen molar-refractivity contribution >= 4 is 33.1 Å². The fourth-order valence-electron chi connectivity index (χ4n) is 2.73. The molecule has 0 saturated carbocycles. The number of nitrogens with one attached hydrogen (secondary N) is 1. The quantitative estimate of drug-likeness (QED) is 0.550. The zero-order valence-corrected chi connectivity index (χ0v) is 14.3. The Morgan fingerprint density at radius 1 is 1.04 bits per heavy atom. The summed E-state index contributed by atoms with van der Waals surface area (Å²) in [5.41, 5.74) is 4.77. The average molecular weight is 342 g/mol. The third kappa shape index (κ3) is 2.84. The number of hydrogen-bond donors (Lipinski definition) is 1. The molecule has 4 rings (SSSR count). The molecular formula is C20H14N4S. The number of anilines is 2. The molecule has 0 aliphatic heterocycles. The minimum atomic E-state index is 0.585. The molecule has 120 valence electrons. The molecule has 4 nitrogen and oxygen atoms in total. The van der Waals surface area contributed by atoms with Crippen LogP contribution in [0.3, 0.4) is 0 Å². The summed E-state index contributed by atoms with van der Waals surface area (Å²) < 4.78 is 0. The minimum absolute atomic E-state index is 0.585. The second-order valence-corrected chi connectivity index (χ2v) is 6.56. The van der Waals surface area contributed by atoms with Crippen LogP contribution in [0.1, 0.15) is 11.1 Å². The van der Waals surface area contributed by atoms with Crippen molar-refractivity contribution in [3.63, 3.8) is 0 Å². The van der Waals surface area contributed by atoms with Gasteiger partial charge in [0.2, 0.25) is 0 Å². The monoisotopic (exact) mass is 342 g/mol. The van der Waals surface area contributed by atoms with E-state index in [1.807, 2.05) is 18.2 Å². The van der Waals surface area contributed by atoms with Crippen LogP contribution < -0.4 is 5.32 Å². The van der Waals surface area contributed by atoms with E-state index in [0.717, 1.165) is 27.0 Å². The summed E-state index contributed by atoms with van der Waals surface area (Å²) in [6.45, 7) is 2.07. The Balaban J connectivity index is 1.86. The molecule has 4 aromatic rings. The molecule has 2 aromatic carbocycles. The van der Waals surface area contributed by atoms with Crippen LogP contribution in [-0.4, -0.2) is 9.97 Å². The standard InChI is InChI=1S/C20H14N4S/c1-13-6-8-14(9-7-13)16-11-25-20-18(16)19(22-12-23-20)24-17-5-3-2-4-15(17)10-21/h2-9,11-12H,1H3,(H,22,23,24). The number of nitriles is 1. The summed E-state index contributed by atoms with van der Waals surface area (Å²) >= 11 is 1.59. The highest BCUT2D eigenvalue weighted by Crippen LogP contribution is 2.37. The molecule has 0 spiro atoms. The molecule has 0 amide bonds. The third-order valence-corrected chi connectivity index (χ3v) is 4.92. The van der Waals surface area contributed by atoms with Gasteiger partial charge in [0.15, 0.2) is 0 Å². The van der Waals surface area contributed by atoms with Crippen molar-refractivity contribution in [2.75, 3.05) is 5.32 Å². The van der Waals surface area contributed by atoms with Gasteiger partial charge in [-0.1, -0.05) is 42.0 Å². The molecule has 2 heterocycles. The van der Waals surface area contributed by atoms with Gasteiger partial charge in [-0.3, -0.25) is 0 Å². The van der Waals surface area contributed by atoms with Gasteiger partial charge in [-0.2, -0.15) is 5.26 Å². The fourth-order valence-corrected chi connectivity index (χ4v) is 3.65. The van der Waals surface area contributed by atoms with Crippen LogP contribution in [0.25, 0.3) is 21.3 Å². The molecule has 0 aliphatic carbocycles. The van der Waals surface area contributed by atoms with Crippen molar-refractivity contribution in [2.24, 2.45) is 0 Å². The number of fused-ring (bicyclic) bond motifs is 1. The van der Waals surface area contributed by atoms with Crippen molar-refractivity contribution < 1.29 is 0 Å². The molecule has 0 aliphatic rings. The zero-order chi connectivity index (χ0) is 17.2. The van der Waals surface area contributed by atoms with Crippen molar-refractivity contribution in [1.29, 1.82) is 5.26 Å². The zero-order valence-electron chi connectivity index (χ0n) is 13.5. The molecule has 0 radical (unpaired) electrons. The van der Waals surface area contributed by atoms with Crippen LogP contribution in [0.15, 0.2) is 60.2 Å². The van der Waals surface area contributed by atoms with E-state index < -0.39 is 0 Å². The van der Waals surface area contributed by atoms with Crippen LogP contribution in [0, 0.1) is 18.3 Å². The van der Waals surface area contributed by atoms with Crippen molar-refractivity contribution in [2.45, 2.75) is 6.92 Å². The van der Waals surface area contributed by atoms with Crippen molar-refractivity contribution in [1.82, 2.24) is 9.97 Å². The summed E-state index contributed by atoms with van der Waals surface area (Å²) in [5, 5.41) is 15.7. The molecule has 0 bridgehead atoms. The normalized spacial score (nSPS) is 10.6. The SMILES string of the molecule is Cc1ccc(-c2csc3ncnc(Nc4ccccc4C#N)c23)cc1. The van der Waals surface area contributed by atoms with Gasteiger partial charge in [0.05, 0.1) is 16.6 Å². The van der Waals surface area contributed by atoms with Gasteiger partial charge < -0.3 is 5.32 Å². The number of nitrogens with zero attached hydrogens (tertiary/aromatic N) is 3. The van der Waals surface area contributed by atoms with E-state index in [0.29, 0.717) is 11.4 Å². The van der Waals surface area contributed by atoms with Crippen LogP contribution in [0.4, 0.5) is 11.5 Å². The van der Waals surface area contributed by atoms with E-state index in [1.54, 1.807) is 23.7 Å². The molecule has 0 fully saturated rings. The largest absolute Gasteiger partial charge is 0.338 e. The predicted octanol–water partition coefficient (Wildman–Crippen LogP) is 5.28. The molecule has 0 atom stereocenters. The molecule has 0 saturated heterocycles. The lowest BCUT2D eigenvalue weighted by atomic mass is 10.0. The van der Waals surface area contributed by atoms with Crippen LogP contribution in [0.5, 0.6) is 0 Å². The topological polar surface area (TPSA) is 61.6 Å². The van der Waals surface area contributed by atoms with Gasteiger partial charge in [-0.25, -0.2) is 9.97 Å². The highest BCUT2D eigenvalue weighted by molar-refractivity contribution is 7.17. The van der Waals surface area contributed by atoms with E-state index in [1.165, 1.54) is 5.56 Å². The molecule has 0 unspecified atom stereocenters. The lowest BCUT2D eigenvalue weighted by molar-refractivity contribution is 1.23. The Bertz CT molecular complexity index is 1090. The Labute approximate surface area is 149 Å². The number of hydrogen-bond acceptors (Lipinski definition) is 5. The number of rotatable bonds is 3. The second-order valence-electron chi connectivity index (χ2n) is 5.70. The van der Waals surface area contributed by atoms with Gasteiger partial charge in [-0.05, 0) is 24.6 Å². The lowest BCUT2D eigenvalue weighted by Crippen LogP contribution is -1.97. The first-order valence-corrected chi connectivity index (χ1v) is 8.69. The molecule has 2 aromatic heterocycles. The Hall–Kier alpha value is -3.23. The molecule has 25 heavy (non-hydrogen) atoms. The maximum absolute atomic E-state index is 9.31. The Morgan fingerprint density at radius 3 is 2.64 bits per heavy atom. The molecule has 1 N–H and O–H groups in total. The maximum Gasteiger partial charge on any atom is 0.143 e. The first-order chi connectivity index (χ1) is 12.3. The first kappa shape index (κ1) is 15.3. The highest BCUT2D eigenvalue weighted by Gasteiger charge is 2.14. The maximum atomic E-state index is 9.31. The lowest BCUT2D eigenvalue weighted by Gasteiger charge is -2.09. The van der Waals surface area contributed by atoms with E-state index >= 15 is 0 Å². The first-order valence-electron chi connectivity index (χ1n) is 7.81. The predicted molar refractivity (Wildman–Crippen MR) is 102 cm³/mol. The van der Waals surface area contributed by atoms with Crippen LogP contribution >= 0.6 is 11.3 Å². The van der Waals surface area contributed by atoms with Crippen LogP contribution in [-0.2, 0) is 0 Å². The van der Waals surface area contributed by atoms with E-state index in [2.05, 4.69) is 57.9 Å². The number of aryl methyl sites for hydroxylation is 1. The number of para-hydroxylation sites is 1. The van der Waals surface area contributed by atoms with Gasteiger partial charge in [0.25, 0.3) is 0 Å². The second kappa shape index (κ2) is 6.34. The van der Waals surface area contributed by atoms with Crippen LogP contribution in [0.2, 0.25) is 0 Å². The third-order valence-electron chi connectivity index (χ3n) is 4.03. The summed E-state index contributed by atoms with van der Waals surface area (Å²) in [5.74, 6) is 0.713. The average Bonchev–Trinajstić information content (AvgIpc) is 3.08. The number of aromatic nitrogens is 2. The Kier molecular flexibility index (Phi) is 3.88. The van der Waals surface area contributed by atoms with Gasteiger partial charge in [0, 0.05) is 10.9 Å². The smallest absolute Gasteiger partial charge is 0.143 e. The molecular weight excluding hydrogens is 328 g/mol. The van der Waals surface area contributed by atoms with Gasteiger partial charge in [-0.15, -0.1) is 11.3 Å². The summed E-state index contributed by atoms with van der Waals surface area (Å²) in [6, 6.07) is 18.0. The van der Waals surface area contributed by atoms with E-state index in [4.69, 9.17) is 0 Å². The summed E-state index contributed by atoms with van der Waals surface area (Å²) in [6.07, 6.45) is 1.55. The van der Waals surface area contributed by atoms with E-state index in [-0.39, 0.29) is 0 Å². The minimum Gasteiger partial charge on any atom is -0.338 e. The van der Waals surface area contributed by atoms with Gasteiger partial charge >= 0.3 is 0 Å². The highest BCUT2D eigenvalue weighted by atomic mass is 32.1.